The Hall–Kier alpha value is -2.93. The van der Waals surface area contributed by atoms with Crippen molar-refractivity contribution in [2.75, 3.05) is 13.1 Å². The lowest BCUT2D eigenvalue weighted by Crippen LogP contribution is -2.58. The van der Waals surface area contributed by atoms with Gasteiger partial charge in [-0.25, -0.2) is 0 Å². The van der Waals surface area contributed by atoms with E-state index in [-0.39, 0.29) is 18.0 Å². The molecular weight excluding hydrogens is 388 g/mol. The lowest BCUT2D eigenvalue weighted by atomic mass is 9.96. The maximum Gasteiger partial charge on any atom is 0.178 e. The van der Waals surface area contributed by atoms with Crippen LogP contribution < -0.4 is 0 Å². The minimum absolute atomic E-state index is 0.140. The van der Waals surface area contributed by atoms with Gasteiger partial charge in [0.1, 0.15) is 0 Å². The predicted octanol–water partition coefficient (Wildman–Crippen LogP) is 3.94. The molecule has 0 radical (unpaired) electrons. The Morgan fingerprint density at radius 3 is 2.68 bits per heavy atom. The van der Waals surface area contributed by atoms with Crippen molar-refractivity contribution in [3.05, 3.63) is 52.8 Å². The molecule has 0 aliphatic carbocycles. The van der Waals surface area contributed by atoms with Gasteiger partial charge in [-0.2, -0.15) is 10.5 Å². The first-order valence-electron chi connectivity index (χ1n) is 11.0. The number of carbonyl (C=O) groups excluding carboxylic acids is 1. The molecule has 1 aromatic carbocycles. The van der Waals surface area contributed by atoms with Crippen molar-refractivity contribution in [2.45, 2.75) is 64.2 Å². The van der Waals surface area contributed by atoms with E-state index in [0.717, 1.165) is 54.9 Å². The van der Waals surface area contributed by atoms with Crippen LogP contribution in [0.3, 0.4) is 0 Å². The smallest absolute Gasteiger partial charge is 0.178 e. The third kappa shape index (κ3) is 4.28. The van der Waals surface area contributed by atoms with E-state index in [1.165, 1.54) is 0 Å². The summed E-state index contributed by atoms with van der Waals surface area (Å²) in [6.45, 7) is 5.34. The van der Waals surface area contributed by atoms with Crippen LogP contribution in [-0.2, 0) is 11.2 Å². The summed E-state index contributed by atoms with van der Waals surface area (Å²) >= 11 is 0. The standard InChI is InChI=1S/C25H28N4O2/c1-17-12-23-25(31-17)16-28(23)15-24(30)22-13-21(6-4-3-5-11-26)29(18(22)2)20-9-7-19(14-27)8-10-20/h7-10,13,17,23,25H,3-6,12,15-16H2,1-2H3. The number of carbonyl (C=O) groups is 1. The molecule has 0 N–H and O–H groups in total. The molecule has 2 fully saturated rings. The third-order valence-electron chi connectivity index (χ3n) is 6.49. The molecule has 2 saturated heterocycles. The Kier molecular flexibility index (Phi) is 6.23. The summed E-state index contributed by atoms with van der Waals surface area (Å²) in [6.07, 6.45) is 4.62. The van der Waals surface area contributed by atoms with Gasteiger partial charge in [0.15, 0.2) is 5.78 Å². The number of hydrogen-bond donors (Lipinski definition) is 0. The van der Waals surface area contributed by atoms with Gasteiger partial charge in [-0.05, 0) is 69.9 Å². The largest absolute Gasteiger partial charge is 0.372 e. The normalized spacial score (nSPS) is 22.4. The van der Waals surface area contributed by atoms with E-state index < -0.39 is 0 Å². The van der Waals surface area contributed by atoms with E-state index in [0.29, 0.717) is 24.6 Å². The van der Waals surface area contributed by atoms with E-state index in [2.05, 4.69) is 28.5 Å². The number of fused-ring (bicyclic) bond motifs is 1. The first-order chi connectivity index (χ1) is 15.0. The topological polar surface area (TPSA) is 82.0 Å². The predicted molar refractivity (Wildman–Crippen MR) is 117 cm³/mol. The van der Waals surface area contributed by atoms with Crippen molar-refractivity contribution in [2.24, 2.45) is 0 Å². The fraction of sp³-hybridized carbons (Fsp3) is 0.480. The SMILES string of the molecule is Cc1c(C(=O)CN2CC3OC(C)CC32)cc(CCCCC#N)n1-c1ccc(C#N)cc1. The minimum Gasteiger partial charge on any atom is -0.372 e. The first kappa shape index (κ1) is 21.3. The van der Waals surface area contributed by atoms with Crippen molar-refractivity contribution in [3.63, 3.8) is 0 Å². The van der Waals surface area contributed by atoms with Gasteiger partial charge in [-0.1, -0.05) is 0 Å². The summed E-state index contributed by atoms with van der Waals surface area (Å²) in [5.41, 5.74) is 4.32. The number of likely N-dealkylation sites (tertiary alicyclic amines) is 1. The molecule has 1 aromatic heterocycles. The number of aromatic nitrogens is 1. The van der Waals surface area contributed by atoms with Gasteiger partial charge in [0.05, 0.1) is 36.5 Å². The van der Waals surface area contributed by atoms with E-state index in [1.807, 2.05) is 25.1 Å². The second-order valence-corrected chi connectivity index (χ2v) is 8.63. The molecule has 2 aliphatic rings. The maximum absolute atomic E-state index is 13.2. The Labute approximate surface area is 183 Å². The number of benzene rings is 1. The summed E-state index contributed by atoms with van der Waals surface area (Å²) in [6, 6.07) is 14.2. The molecule has 0 saturated carbocycles. The van der Waals surface area contributed by atoms with E-state index in [9.17, 15) is 4.79 Å². The van der Waals surface area contributed by atoms with Crippen LogP contribution in [0.4, 0.5) is 0 Å². The highest BCUT2D eigenvalue weighted by Gasteiger charge is 2.46. The minimum atomic E-state index is 0.140. The molecule has 4 rings (SSSR count). The molecule has 31 heavy (non-hydrogen) atoms. The number of ether oxygens (including phenoxy) is 1. The first-order valence-corrected chi connectivity index (χ1v) is 11.0. The Morgan fingerprint density at radius 1 is 1.23 bits per heavy atom. The Morgan fingerprint density at radius 2 is 2.00 bits per heavy atom. The average molecular weight is 417 g/mol. The molecule has 160 valence electrons. The highest BCUT2D eigenvalue weighted by molar-refractivity contribution is 5.99. The van der Waals surface area contributed by atoms with Gasteiger partial charge in [0.2, 0.25) is 0 Å². The van der Waals surface area contributed by atoms with Crippen molar-refractivity contribution in [1.82, 2.24) is 9.47 Å². The summed E-state index contributed by atoms with van der Waals surface area (Å²) in [5, 5.41) is 17.9. The lowest BCUT2D eigenvalue weighted by Gasteiger charge is -2.42. The number of hydrogen-bond acceptors (Lipinski definition) is 5. The van der Waals surface area contributed by atoms with Crippen LogP contribution in [0.1, 0.15) is 59.9 Å². The Balaban J connectivity index is 1.57. The van der Waals surface area contributed by atoms with Crippen LogP contribution in [0.25, 0.3) is 5.69 Å². The zero-order valence-electron chi connectivity index (χ0n) is 18.2. The summed E-state index contributed by atoms with van der Waals surface area (Å²) in [4.78, 5) is 15.5. The molecule has 0 spiro atoms. The second kappa shape index (κ2) is 9.06. The maximum atomic E-state index is 13.2. The van der Waals surface area contributed by atoms with Gasteiger partial charge in [-0.3, -0.25) is 9.69 Å². The Bertz CT molecular complexity index is 1040. The fourth-order valence-electron chi connectivity index (χ4n) is 4.86. The molecule has 0 bridgehead atoms. The molecular formula is C25H28N4O2. The van der Waals surface area contributed by atoms with E-state index in [1.54, 1.807) is 12.1 Å². The average Bonchev–Trinajstić information content (AvgIpc) is 3.25. The summed E-state index contributed by atoms with van der Waals surface area (Å²) < 4.78 is 7.99. The second-order valence-electron chi connectivity index (χ2n) is 8.63. The van der Waals surface area contributed by atoms with Gasteiger partial charge in [0.25, 0.3) is 0 Å². The number of Topliss-reactive ketones (excluding diaryl/α,β-unsaturated/α-hetero) is 1. The molecule has 6 heteroatoms. The van der Waals surface area contributed by atoms with Crippen LogP contribution >= 0.6 is 0 Å². The number of ketones is 1. The number of aryl methyl sites for hydroxylation is 1. The highest BCUT2D eigenvalue weighted by atomic mass is 16.5. The van der Waals surface area contributed by atoms with Crippen molar-refractivity contribution < 1.29 is 9.53 Å². The highest BCUT2D eigenvalue weighted by Crippen LogP contribution is 2.34. The van der Waals surface area contributed by atoms with Crippen LogP contribution in [-0.4, -0.2) is 46.6 Å². The quantitative estimate of drug-likeness (QED) is 0.481. The number of unbranched alkanes of at least 4 members (excludes halogenated alkanes) is 2. The van der Waals surface area contributed by atoms with Crippen LogP contribution in [0.15, 0.2) is 30.3 Å². The number of rotatable bonds is 8. The number of nitrogens with zero attached hydrogens (tertiary/aromatic N) is 4. The summed E-state index contributed by atoms with van der Waals surface area (Å²) in [5.74, 6) is 0.140. The van der Waals surface area contributed by atoms with Crippen molar-refractivity contribution in [3.8, 4) is 17.8 Å². The molecule has 2 aliphatic heterocycles. The fourth-order valence-corrected chi connectivity index (χ4v) is 4.86. The monoisotopic (exact) mass is 416 g/mol. The third-order valence-corrected chi connectivity index (χ3v) is 6.49. The molecule has 0 amide bonds. The van der Waals surface area contributed by atoms with E-state index in [4.69, 9.17) is 15.3 Å². The van der Waals surface area contributed by atoms with Crippen molar-refractivity contribution in [1.29, 1.82) is 10.5 Å². The zero-order valence-corrected chi connectivity index (χ0v) is 18.2. The van der Waals surface area contributed by atoms with E-state index >= 15 is 0 Å². The molecule has 2 aromatic rings. The van der Waals surface area contributed by atoms with Crippen LogP contribution in [0, 0.1) is 29.6 Å². The van der Waals surface area contributed by atoms with Gasteiger partial charge in [-0.15, -0.1) is 0 Å². The lowest BCUT2D eigenvalue weighted by molar-refractivity contribution is -0.0507. The van der Waals surface area contributed by atoms with Gasteiger partial charge in [0, 0.05) is 41.6 Å². The van der Waals surface area contributed by atoms with Crippen molar-refractivity contribution >= 4 is 5.78 Å². The molecule has 3 unspecified atom stereocenters. The zero-order chi connectivity index (χ0) is 22.0. The summed E-state index contributed by atoms with van der Waals surface area (Å²) in [7, 11) is 0. The van der Waals surface area contributed by atoms with Crippen LogP contribution in [0.5, 0.6) is 0 Å². The number of nitriles is 2. The van der Waals surface area contributed by atoms with Gasteiger partial charge < -0.3 is 9.30 Å². The van der Waals surface area contributed by atoms with Gasteiger partial charge >= 0.3 is 0 Å². The molecule has 3 heterocycles. The molecule has 3 atom stereocenters. The van der Waals surface area contributed by atoms with Crippen LogP contribution in [0.2, 0.25) is 0 Å². The molecule has 6 nitrogen and oxygen atoms in total.